The minimum absolute atomic E-state index is 0.136. The highest BCUT2D eigenvalue weighted by Crippen LogP contribution is 2.30. The Morgan fingerprint density at radius 3 is 2.33 bits per heavy atom. The average molecular weight is 362 g/mol. The second-order valence-corrected chi connectivity index (χ2v) is 7.39. The number of Topliss-reactive ketones (excluding diaryl/α,β-unsaturated/α-hetero) is 1. The summed E-state index contributed by atoms with van der Waals surface area (Å²) in [7, 11) is 0. The van der Waals surface area contributed by atoms with Crippen LogP contribution in [0.3, 0.4) is 0 Å². The van der Waals surface area contributed by atoms with Crippen molar-refractivity contribution in [3.05, 3.63) is 64.7 Å². The van der Waals surface area contributed by atoms with E-state index in [1.165, 1.54) is 0 Å². The first-order valence-corrected chi connectivity index (χ1v) is 9.24. The van der Waals surface area contributed by atoms with Crippen LogP contribution in [0.1, 0.15) is 15.9 Å². The fourth-order valence-electron chi connectivity index (χ4n) is 2.61. The van der Waals surface area contributed by atoms with Crippen LogP contribution in [0.4, 0.5) is 0 Å². The molecule has 2 aromatic carbocycles. The van der Waals surface area contributed by atoms with Crippen LogP contribution in [0.25, 0.3) is 0 Å². The van der Waals surface area contributed by atoms with E-state index < -0.39 is 0 Å². The van der Waals surface area contributed by atoms with E-state index in [0.717, 1.165) is 29.1 Å². The predicted molar refractivity (Wildman–Crippen MR) is 99.0 cm³/mol. The quantitative estimate of drug-likeness (QED) is 0.587. The van der Waals surface area contributed by atoms with Gasteiger partial charge in [0.1, 0.15) is 5.37 Å². The molecule has 0 saturated carbocycles. The summed E-state index contributed by atoms with van der Waals surface area (Å²) in [4.78, 5) is 16.3. The molecule has 1 heterocycles. The number of thioether (sulfide) groups is 1. The fraction of sp³-hybridized carbons (Fsp3) is 0.316. The van der Waals surface area contributed by atoms with Gasteiger partial charge in [0.15, 0.2) is 5.78 Å². The first-order chi connectivity index (χ1) is 11.6. The maximum Gasteiger partial charge on any atom is 0.190 e. The highest BCUT2D eigenvalue weighted by atomic mass is 35.5. The Kier molecular flexibility index (Phi) is 5.95. The van der Waals surface area contributed by atoms with Gasteiger partial charge in [-0.1, -0.05) is 53.2 Å². The molecule has 2 aromatic rings. The average Bonchev–Trinajstić information content (AvgIpc) is 2.62. The van der Waals surface area contributed by atoms with E-state index in [9.17, 15) is 4.79 Å². The molecule has 3 rings (SSSR count). The predicted octanol–water partition coefficient (Wildman–Crippen LogP) is 4.28. The van der Waals surface area contributed by atoms with Crippen molar-refractivity contribution in [2.75, 3.05) is 26.3 Å². The number of rotatable bonds is 5. The molecule has 0 aliphatic carbocycles. The van der Waals surface area contributed by atoms with E-state index in [1.54, 1.807) is 11.8 Å². The molecule has 1 atom stereocenters. The van der Waals surface area contributed by atoms with Crippen molar-refractivity contribution in [3.63, 3.8) is 0 Å². The van der Waals surface area contributed by atoms with Gasteiger partial charge in [-0.15, -0.1) is 0 Å². The molecule has 0 amide bonds. The van der Waals surface area contributed by atoms with Gasteiger partial charge in [0.05, 0.1) is 13.2 Å². The third-order valence-corrected chi connectivity index (χ3v) is 5.53. The lowest BCUT2D eigenvalue weighted by Crippen LogP contribution is -2.45. The minimum Gasteiger partial charge on any atom is -0.379 e. The topological polar surface area (TPSA) is 29.5 Å². The number of halogens is 1. The first-order valence-electron chi connectivity index (χ1n) is 7.98. The number of nitrogens with zero attached hydrogens (tertiary/aromatic N) is 1. The number of ketones is 1. The molecule has 3 nitrogen and oxygen atoms in total. The molecule has 126 valence electrons. The van der Waals surface area contributed by atoms with Crippen molar-refractivity contribution in [2.24, 2.45) is 0 Å². The van der Waals surface area contributed by atoms with Crippen LogP contribution in [0, 0.1) is 6.92 Å². The van der Waals surface area contributed by atoms with E-state index in [1.807, 2.05) is 55.5 Å². The number of hydrogen-bond acceptors (Lipinski definition) is 4. The summed E-state index contributed by atoms with van der Waals surface area (Å²) in [6.45, 7) is 4.89. The second kappa shape index (κ2) is 8.17. The SMILES string of the molecule is Cc1ccc(C(=O)C(Sc2ccc(Cl)cc2)N2CCOCC2)cc1. The Balaban J connectivity index is 1.84. The van der Waals surface area contributed by atoms with Crippen molar-refractivity contribution in [3.8, 4) is 0 Å². The number of carbonyl (C=O) groups is 1. The minimum atomic E-state index is -0.252. The van der Waals surface area contributed by atoms with Gasteiger partial charge in [0, 0.05) is 28.6 Å². The van der Waals surface area contributed by atoms with Crippen LogP contribution in [-0.2, 0) is 4.74 Å². The maximum atomic E-state index is 13.1. The Morgan fingerprint density at radius 2 is 1.71 bits per heavy atom. The molecule has 0 N–H and O–H groups in total. The lowest BCUT2D eigenvalue weighted by atomic mass is 10.1. The summed E-state index contributed by atoms with van der Waals surface area (Å²) in [5, 5.41) is 0.449. The van der Waals surface area contributed by atoms with Crippen LogP contribution in [-0.4, -0.2) is 42.4 Å². The van der Waals surface area contributed by atoms with Gasteiger partial charge >= 0.3 is 0 Å². The molecule has 1 aliphatic heterocycles. The van der Waals surface area contributed by atoms with Gasteiger partial charge in [-0.25, -0.2) is 0 Å². The van der Waals surface area contributed by atoms with Gasteiger partial charge in [0.25, 0.3) is 0 Å². The Morgan fingerprint density at radius 1 is 1.08 bits per heavy atom. The van der Waals surface area contributed by atoms with E-state index in [4.69, 9.17) is 16.3 Å². The lowest BCUT2D eigenvalue weighted by Gasteiger charge is -2.33. The molecule has 1 aliphatic rings. The van der Waals surface area contributed by atoms with Crippen molar-refractivity contribution in [1.29, 1.82) is 0 Å². The number of morpholine rings is 1. The molecule has 0 radical (unpaired) electrons. The zero-order valence-electron chi connectivity index (χ0n) is 13.6. The highest BCUT2D eigenvalue weighted by Gasteiger charge is 2.29. The van der Waals surface area contributed by atoms with Crippen molar-refractivity contribution < 1.29 is 9.53 Å². The Bertz CT molecular complexity index is 682. The number of benzene rings is 2. The lowest BCUT2D eigenvalue weighted by molar-refractivity contribution is 0.0318. The summed E-state index contributed by atoms with van der Waals surface area (Å²) >= 11 is 7.54. The molecule has 24 heavy (non-hydrogen) atoms. The standard InChI is InChI=1S/C19H20ClNO2S/c1-14-2-4-15(5-3-14)18(22)19(21-10-12-23-13-11-21)24-17-8-6-16(20)7-9-17/h2-9,19H,10-13H2,1H3. The van der Waals surface area contributed by atoms with Crippen LogP contribution >= 0.6 is 23.4 Å². The molecule has 5 heteroatoms. The Hall–Kier alpha value is -1.33. The smallest absolute Gasteiger partial charge is 0.190 e. The second-order valence-electron chi connectivity index (χ2n) is 5.80. The van der Waals surface area contributed by atoms with Crippen LogP contribution in [0.5, 0.6) is 0 Å². The molecule has 1 fully saturated rings. The van der Waals surface area contributed by atoms with Crippen molar-refractivity contribution >= 4 is 29.1 Å². The molecule has 1 unspecified atom stereocenters. The van der Waals surface area contributed by atoms with Crippen LogP contribution in [0.15, 0.2) is 53.4 Å². The number of hydrogen-bond donors (Lipinski definition) is 0. The third-order valence-electron chi connectivity index (χ3n) is 4.00. The van der Waals surface area contributed by atoms with Gasteiger partial charge in [-0.2, -0.15) is 0 Å². The summed E-state index contributed by atoms with van der Waals surface area (Å²) < 4.78 is 5.44. The molecule has 0 aromatic heterocycles. The maximum absolute atomic E-state index is 13.1. The summed E-state index contributed by atoms with van der Waals surface area (Å²) in [5.74, 6) is 0.136. The molecule has 0 bridgehead atoms. The largest absolute Gasteiger partial charge is 0.379 e. The summed E-state index contributed by atoms with van der Waals surface area (Å²) in [5.41, 5.74) is 1.90. The fourth-order valence-corrected chi connectivity index (χ4v) is 3.89. The van der Waals surface area contributed by atoms with Gasteiger partial charge < -0.3 is 4.74 Å². The summed E-state index contributed by atoms with van der Waals surface area (Å²) in [6.07, 6.45) is 0. The van der Waals surface area contributed by atoms with E-state index >= 15 is 0 Å². The molecule has 0 spiro atoms. The normalized spacial score (nSPS) is 16.8. The molecular weight excluding hydrogens is 342 g/mol. The van der Waals surface area contributed by atoms with Crippen LogP contribution < -0.4 is 0 Å². The monoisotopic (exact) mass is 361 g/mol. The number of ether oxygens (including phenoxy) is 1. The molecular formula is C19H20ClNO2S. The van der Waals surface area contributed by atoms with Gasteiger partial charge in [-0.3, -0.25) is 9.69 Å². The third kappa shape index (κ3) is 4.39. The van der Waals surface area contributed by atoms with E-state index in [2.05, 4.69) is 4.90 Å². The highest BCUT2D eigenvalue weighted by molar-refractivity contribution is 8.00. The van der Waals surface area contributed by atoms with E-state index in [0.29, 0.717) is 18.2 Å². The van der Waals surface area contributed by atoms with Crippen LogP contribution in [0.2, 0.25) is 5.02 Å². The van der Waals surface area contributed by atoms with Gasteiger partial charge in [0.2, 0.25) is 0 Å². The number of carbonyl (C=O) groups excluding carboxylic acids is 1. The zero-order valence-corrected chi connectivity index (χ0v) is 15.1. The Labute approximate surface area is 151 Å². The van der Waals surface area contributed by atoms with Crippen molar-refractivity contribution in [2.45, 2.75) is 17.2 Å². The number of aryl methyl sites for hydroxylation is 1. The first kappa shape index (κ1) is 17.5. The van der Waals surface area contributed by atoms with Gasteiger partial charge in [-0.05, 0) is 31.2 Å². The van der Waals surface area contributed by atoms with E-state index in [-0.39, 0.29) is 11.2 Å². The summed E-state index contributed by atoms with van der Waals surface area (Å²) in [6, 6.07) is 15.4. The van der Waals surface area contributed by atoms with Crippen molar-refractivity contribution in [1.82, 2.24) is 4.90 Å². The molecule has 1 saturated heterocycles. The zero-order chi connectivity index (χ0) is 16.9.